The molecule has 0 aliphatic carbocycles. The van der Waals surface area contributed by atoms with Crippen molar-refractivity contribution in [2.45, 2.75) is 19.4 Å². The van der Waals surface area contributed by atoms with Crippen LogP contribution in [0.15, 0.2) is 72.3 Å². The fourth-order valence-electron chi connectivity index (χ4n) is 4.03. The van der Waals surface area contributed by atoms with Crippen molar-refractivity contribution >= 4 is 44.1 Å². The highest BCUT2D eigenvalue weighted by atomic mass is 32.1. The minimum atomic E-state index is -1.03. The Labute approximate surface area is 197 Å². The van der Waals surface area contributed by atoms with Crippen LogP contribution in [0.5, 0.6) is 0 Å². The predicted molar refractivity (Wildman–Crippen MR) is 127 cm³/mol. The maximum Gasteiger partial charge on any atom is 0.301 e. The van der Waals surface area contributed by atoms with Gasteiger partial charge in [-0.1, -0.05) is 36.5 Å². The van der Waals surface area contributed by atoms with Gasteiger partial charge in [0.15, 0.2) is 5.13 Å². The SMILES string of the molecule is CCc1ccc2nc(N3C(=O)C(=O)/C(=C(/O)c4ccc(F)cc4)[C@H]3c3ccc(F)cc3)sc2c1. The van der Waals surface area contributed by atoms with E-state index in [1.807, 2.05) is 25.1 Å². The number of amides is 1. The summed E-state index contributed by atoms with van der Waals surface area (Å²) in [7, 11) is 0. The van der Waals surface area contributed by atoms with Crippen molar-refractivity contribution in [1.82, 2.24) is 4.98 Å². The lowest BCUT2D eigenvalue weighted by molar-refractivity contribution is -0.132. The summed E-state index contributed by atoms with van der Waals surface area (Å²) in [6, 6.07) is 15.1. The van der Waals surface area contributed by atoms with Crippen LogP contribution in [0.4, 0.5) is 13.9 Å². The molecule has 2 heterocycles. The molecule has 1 amide bonds. The van der Waals surface area contributed by atoms with Crippen molar-refractivity contribution in [1.29, 1.82) is 0 Å². The third-order valence-corrected chi connectivity index (χ3v) is 6.82. The van der Waals surface area contributed by atoms with Crippen LogP contribution in [0.25, 0.3) is 16.0 Å². The molecule has 3 aromatic carbocycles. The number of halogens is 2. The number of aromatic nitrogens is 1. The van der Waals surface area contributed by atoms with E-state index in [0.717, 1.165) is 28.8 Å². The predicted octanol–water partition coefficient (Wildman–Crippen LogP) is 5.76. The third kappa shape index (κ3) is 3.66. The number of rotatable bonds is 4. The number of anilines is 1. The van der Waals surface area contributed by atoms with Gasteiger partial charge in [-0.25, -0.2) is 13.8 Å². The summed E-state index contributed by atoms with van der Waals surface area (Å²) in [6.45, 7) is 2.03. The van der Waals surface area contributed by atoms with Crippen LogP contribution < -0.4 is 4.90 Å². The summed E-state index contributed by atoms with van der Waals surface area (Å²) in [4.78, 5) is 32.2. The minimum absolute atomic E-state index is 0.170. The Balaban J connectivity index is 1.71. The van der Waals surface area contributed by atoms with Gasteiger partial charge in [-0.3, -0.25) is 14.5 Å². The zero-order valence-corrected chi connectivity index (χ0v) is 18.8. The first-order valence-electron chi connectivity index (χ1n) is 10.6. The van der Waals surface area contributed by atoms with Crippen molar-refractivity contribution < 1.29 is 23.5 Å². The lowest BCUT2D eigenvalue weighted by Crippen LogP contribution is -2.29. The Hall–Kier alpha value is -3.91. The van der Waals surface area contributed by atoms with Crippen LogP contribution in [0.3, 0.4) is 0 Å². The molecular weight excluding hydrogens is 458 g/mol. The Morgan fingerprint density at radius 2 is 1.65 bits per heavy atom. The number of aliphatic hydroxyl groups excluding tert-OH is 1. The maximum atomic E-state index is 13.7. The average molecular weight is 477 g/mol. The average Bonchev–Trinajstić information content (AvgIpc) is 3.37. The standard InChI is InChI=1S/C26H18F2N2O3S/c1-2-14-3-12-19-20(13-14)34-26(29-19)30-22(15-4-8-17(27)9-5-15)21(24(32)25(30)33)23(31)16-6-10-18(28)11-7-16/h3-13,22,31H,2H2,1H3/b23-21+/t22-/m1/s1. The van der Waals surface area contributed by atoms with Crippen LogP contribution in [-0.2, 0) is 16.0 Å². The van der Waals surface area contributed by atoms with Gasteiger partial charge in [0.25, 0.3) is 5.78 Å². The third-order valence-electron chi connectivity index (χ3n) is 5.80. The van der Waals surface area contributed by atoms with Crippen molar-refractivity contribution in [2.75, 3.05) is 4.90 Å². The number of aliphatic hydroxyl groups is 1. The number of carbonyl (C=O) groups is 2. The van der Waals surface area contributed by atoms with Gasteiger partial charge in [-0.2, -0.15) is 0 Å². The molecule has 0 radical (unpaired) electrons. The molecule has 8 heteroatoms. The second-order valence-electron chi connectivity index (χ2n) is 7.88. The largest absolute Gasteiger partial charge is 0.507 e. The molecule has 0 unspecified atom stereocenters. The van der Waals surface area contributed by atoms with E-state index < -0.39 is 35.1 Å². The van der Waals surface area contributed by atoms with Gasteiger partial charge in [0.2, 0.25) is 0 Å². The number of fused-ring (bicyclic) bond motifs is 1. The molecule has 34 heavy (non-hydrogen) atoms. The lowest BCUT2D eigenvalue weighted by atomic mass is 9.95. The molecule has 1 aliphatic heterocycles. The molecule has 4 aromatic rings. The molecule has 0 spiro atoms. The van der Waals surface area contributed by atoms with E-state index in [2.05, 4.69) is 4.98 Å². The van der Waals surface area contributed by atoms with Gasteiger partial charge in [-0.05, 0) is 66.1 Å². The van der Waals surface area contributed by atoms with Gasteiger partial charge in [0.1, 0.15) is 17.4 Å². The molecule has 1 aromatic heterocycles. The fraction of sp³-hybridized carbons (Fsp3) is 0.115. The van der Waals surface area contributed by atoms with E-state index in [9.17, 15) is 23.5 Å². The fourth-order valence-corrected chi connectivity index (χ4v) is 5.09. The number of benzene rings is 3. The normalized spacial score (nSPS) is 17.6. The van der Waals surface area contributed by atoms with E-state index in [1.54, 1.807) is 0 Å². The van der Waals surface area contributed by atoms with Crippen LogP contribution in [0.2, 0.25) is 0 Å². The Morgan fingerprint density at radius 1 is 1.00 bits per heavy atom. The maximum absolute atomic E-state index is 13.7. The van der Waals surface area contributed by atoms with Crippen molar-refractivity contribution in [2.24, 2.45) is 0 Å². The second-order valence-corrected chi connectivity index (χ2v) is 8.89. The van der Waals surface area contributed by atoms with E-state index in [1.165, 1.54) is 52.6 Å². The summed E-state index contributed by atoms with van der Waals surface area (Å²) < 4.78 is 27.9. The number of carbonyl (C=O) groups excluding carboxylic acids is 2. The molecule has 1 fully saturated rings. The highest BCUT2D eigenvalue weighted by Gasteiger charge is 2.48. The molecule has 0 bridgehead atoms. The first kappa shape index (κ1) is 21.9. The van der Waals surface area contributed by atoms with Crippen molar-refractivity contribution in [3.63, 3.8) is 0 Å². The quantitative estimate of drug-likeness (QED) is 0.231. The number of thiazole rings is 1. The van der Waals surface area contributed by atoms with Gasteiger partial charge in [0, 0.05) is 5.56 Å². The first-order valence-corrected chi connectivity index (χ1v) is 11.4. The van der Waals surface area contributed by atoms with Gasteiger partial charge in [-0.15, -0.1) is 0 Å². The zero-order chi connectivity index (χ0) is 24.0. The molecule has 170 valence electrons. The lowest BCUT2D eigenvalue weighted by Gasteiger charge is -2.23. The number of ketones is 1. The van der Waals surface area contributed by atoms with Gasteiger partial charge >= 0.3 is 5.91 Å². The summed E-state index contributed by atoms with van der Waals surface area (Å²) in [6.07, 6.45) is 0.834. The van der Waals surface area contributed by atoms with Gasteiger partial charge < -0.3 is 5.11 Å². The van der Waals surface area contributed by atoms with E-state index in [-0.39, 0.29) is 16.3 Å². The van der Waals surface area contributed by atoms with Crippen molar-refractivity contribution in [3.8, 4) is 0 Å². The summed E-state index contributed by atoms with van der Waals surface area (Å²) >= 11 is 1.26. The molecule has 1 aliphatic rings. The number of hydrogen-bond donors (Lipinski definition) is 1. The Morgan fingerprint density at radius 3 is 2.29 bits per heavy atom. The molecule has 5 rings (SSSR count). The highest BCUT2D eigenvalue weighted by molar-refractivity contribution is 7.22. The topological polar surface area (TPSA) is 70.5 Å². The van der Waals surface area contributed by atoms with Crippen LogP contribution in [0, 0.1) is 11.6 Å². The van der Waals surface area contributed by atoms with Crippen LogP contribution in [0.1, 0.15) is 29.7 Å². The highest BCUT2D eigenvalue weighted by Crippen LogP contribution is 2.44. The molecular formula is C26H18F2N2O3S. The first-order chi connectivity index (χ1) is 16.4. The van der Waals surface area contributed by atoms with E-state index in [0.29, 0.717) is 11.1 Å². The Bertz CT molecular complexity index is 1460. The molecule has 1 saturated heterocycles. The van der Waals surface area contributed by atoms with Crippen LogP contribution in [-0.4, -0.2) is 21.8 Å². The van der Waals surface area contributed by atoms with Crippen molar-refractivity contribution in [3.05, 3.63) is 101 Å². The summed E-state index contributed by atoms with van der Waals surface area (Å²) in [5.41, 5.74) is 2.23. The summed E-state index contributed by atoms with van der Waals surface area (Å²) in [5, 5.41) is 11.3. The molecule has 0 saturated carbocycles. The van der Waals surface area contributed by atoms with Gasteiger partial charge in [0.05, 0.1) is 21.8 Å². The van der Waals surface area contributed by atoms with E-state index >= 15 is 0 Å². The second kappa shape index (κ2) is 8.46. The zero-order valence-electron chi connectivity index (χ0n) is 18.0. The number of aryl methyl sites for hydroxylation is 1. The smallest absolute Gasteiger partial charge is 0.301 e. The Kier molecular flexibility index (Phi) is 5.45. The molecule has 5 nitrogen and oxygen atoms in total. The number of nitrogens with zero attached hydrogens (tertiary/aromatic N) is 2. The number of Topliss-reactive ketones (excluding diaryl/α,β-unsaturated/α-hetero) is 1. The summed E-state index contributed by atoms with van der Waals surface area (Å²) in [5.74, 6) is -3.18. The molecule has 1 atom stereocenters. The molecule has 1 N–H and O–H groups in total. The minimum Gasteiger partial charge on any atom is -0.507 e. The monoisotopic (exact) mass is 476 g/mol. The number of hydrogen-bond acceptors (Lipinski definition) is 5. The van der Waals surface area contributed by atoms with Crippen LogP contribution >= 0.6 is 11.3 Å². The van der Waals surface area contributed by atoms with E-state index in [4.69, 9.17) is 0 Å².